The van der Waals surface area contributed by atoms with Gasteiger partial charge >= 0.3 is 5.69 Å². The van der Waals surface area contributed by atoms with Crippen LogP contribution in [0, 0.1) is 0 Å². The van der Waals surface area contributed by atoms with Gasteiger partial charge in [0.25, 0.3) is 5.91 Å². The predicted molar refractivity (Wildman–Crippen MR) is 99.0 cm³/mol. The first-order valence-electron chi connectivity index (χ1n) is 8.84. The SMILES string of the molecule is CCCn1nc2n(c1=O)CCC(NC(=O)c1cc(Cl)ccc1OC)CC2. The fourth-order valence-electron chi connectivity index (χ4n) is 3.25. The van der Waals surface area contributed by atoms with Crippen LogP contribution in [0.2, 0.25) is 5.02 Å². The second-order valence-corrected chi connectivity index (χ2v) is 6.85. The van der Waals surface area contributed by atoms with E-state index in [0.29, 0.717) is 42.3 Å². The van der Waals surface area contributed by atoms with Crippen molar-refractivity contribution in [1.82, 2.24) is 19.7 Å². The molecule has 0 fully saturated rings. The Hall–Kier alpha value is -2.28. The second kappa shape index (κ2) is 7.95. The van der Waals surface area contributed by atoms with Gasteiger partial charge in [0.2, 0.25) is 0 Å². The summed E-state index contributed by atoms with van der Waals surface area (Å²) in [7, 11) is 1.52. The van der Waals surface area contributed by atoms with Gasteiger partial charge in [-0.2, -0.15) is 5.10 Å². The summed E-state index contributed by atoms with van der Waals surface area (Å²) in [6.07, 6.45) is 2.94. The highest BCUT2D eigenvalue weighted by atomic mass is 35.5. The normalized spacial score (nSPS) is 16.7. The van der Waals surface area contributed by atoms with Crippen LogP contribution in [0.4, 0.5) is 0 Å². The number of aromatic nitrogens is 3. The number of carbonyl (C=O) groups is 1. The average molecular weight is 379 g/mol. The number of fused-ring (bicyclic) bond motifs is 1. The lowest BCUT2D eigenvalue weighted by Gasteiger charge is -2.17. The highest BCUT2D eigenvalue weighted by Gasteiger charge is 2.23. The Balaban J connectivity index is 1.70. The van der Waals surface area contributed by atoms with Crippen molar-refractivity contribution in [3.8, 4) is 5.75 Å². The third-order valence-corrected chi connectivity index (χ3v) is 4.83. The third kappa shape index (κ3) is 3.77. The van der Waals surface area contributed by atoms with Gasteiger partial charge in [0, 0.05) is 30.6 Å². The largest absolute Gasteiger partial charge is 0.496 e. The summed E-state index contributed by atoms with van der Waals surface area (Å²) in [5.74, 6) is 1.05. The summed E-state index contributed by atoms with van der Waals surface area (Å²) in [5, 5.41) is 7.94. The number of halogens is 1. The lowest BCUT2D eigenvalue weighted by molar-refractivity contribution is 0.0930. The molecule has 0 saturated carbocycles. The monoisotopic (exact) mass is 378 g/mol. The maximum Gasteiger partial charge on any atom is 0.345 e. The van der Waals surface area contributed by atoms with Gasteiger partial charge in [-0.1, -0.05) is 18.5 Å². The van der Waals surface area contributed by atoms with Gasteiger partial charge < -0.3 is 10.1 Å². The number of carbonyl (C=O) groups excluding carboxylic acids is 1. The molecular weight excluding hydrogens is 356 g/mol. The van der Waals surface area contributed by atoms with E-state index in [-0.39, 0.29) is 17.6 Å². The molecule has 0 saturated heterocycles. The Bertz CT molecular complexity index is 859. The lowest BCUT2D eigenvalue weighted by Crippen LogP contribution is -2.36. The van der Waals surface area contributed by atoms with Crippen molar-refractivity contribution < 1.29 is 9.53 Å². The smallest absolute Gasteiger partial charge is 0.345 e. The molecule has 1 amide bonds. The van der Waals surface area contributed by atoms with Gasteiger partial charge in [-0.05, 0) is 37.5 Å². The number of ether oxygens (including phenoxy) is 1. The molecule has 1 aliphatic rings. The van der Waals surface area contributed by atoms with Crippen molar-refractivity contribution in [2.45, 2.75) is 51.7 Å². The zero-order valence-electron chi connectivity index (χ0n) is 15.0. The van der Waals surface area contributed by atoms with Crippen molar-refractivity contribution in [2.24, 2.45) is 0 Å². The van der Waals surface area contributed by atoms with Crippen LogP contribution in [0.1, 0.15) is 42.4 Å². The second-order valence-electron chi connectivity index (χ2n) is 6.42. The summed E-state index contributed by atoms with van der Waals surface area (Å²) in [5.41, 5.74) is 0.345. The summed E-state index contributed by atoms with van der Waals surface area (Å²) < 4.78 is 8.50. The van der Waals surface area contributed by atoms with Crippen molar-refractivity contribution in [1.29, 1.82) is 0 Å². The molecule has 1 aromatic carbocycles. The predicted octanol–water partition coefficient (Wildman–Crippen LogP) is 2.25. The molecule has 2 heterocycles. The van der Waals surface area contributed by atoms with E-state index in [2.05, 4.69) is 10.4 Å². The molecular formula is C18H23ClN4O3. The van der Waals surface area contributed by atoms with Gasteiger partial charge in [-0.25, -0.2) is 9.48 Å². The number of nitrogens with one attached hydrogen (secondary N) is 1. The molecule has 3 rings (SSSR count). The molecule has 0 aliphatic carbocycles. The van der Waals surface area contributed by atoms with Crippen molar-refractivity contribution in [3.05, 3.63) is 45.1 Å². The molecule has 8 heteroatoms. The Morgan fingerprint density at radius 3 is 2.96 bits per heavy atom. The first-order valence-corrected chi connectivity index (χ1v) is 9.22. The topological polar surface area (TPSA) is 78.2 Å². The first-order chi connectivity index (χ1) is 12.5. The van der Waals surface area contributed by atoms with Crippen molar-refractivity contribution in [2.75, 3.05) is 7.11 Å². The first kappa shape index (κ1) is 18.5. The van der Waals surface area contributed by atoms with Gasteiger partial charge in [0.1, 0.15) is 11.6 Å². The molecule has 140 valence electrons. The lowest BCUT2D eigenvalue weighted by atomic mass is 10.1. The number of hydrogen-bond donors (Lipinski definition) is 1. The van der Waals surface area contributed by atoms with Crippen molar-refractivity contribution in [3.63, 3.8) is 0 Å². The van der Waals surface area contributed by atoms with E-state index in [1.54, 1.807) is 22.8 Å². The number of hydrogen-bond acceptors (Lipinski definition) is 4. The summed E-state index contributed by atoms with van der Waals surface area (Å²) >= 11 is 6.01. The summed E-state index contributed by atoms with van der Waals surface area (Å²) in [6, 6.07) is 4.92. The molecule has 2 aromatic rings. The number of amides is 1. The van der Waals surface area contributed by atoms with Gasteiger partial charge in [-0.3, -0.25) is 9.36 Å². The average Bonchev–Trinajstić information content (AvgIpc) is 2.79. The van der Waals surface area contributed by atoms with Crippen LogP contribution in [0.5, 0.6) is 5.75 Å². The number of aryl methyl sites for hydroxylation is 2. The molecule has 0 bridgehead atoms. The minimum Gasteiger partial charge on any atom is -0.496 e. The molecule has 1 aliphatic heterocycles. The van der Waals surface area contributed by atoms with Gasteiger partial charge in [-0.15, -0.1) is 0 Å². The molecule has 1 N–H and O–H groups in total. The molecule has 0 spiro atoms. The van der Waals surface area contributed by atoms with Crippen LogP contribution in [-0.2, 0) is 19.5 Å². The Labute approximate surface area is 156 Å². The van der Waals surface area contributed by atoms with Crippen LogP contribution in [0.15, 0.2) is 23.0 Å². The minimum absolute atomic E-state index is 0.0353. The fourth-order valence-corrected chi connectivity index (χ4v) is 3.42. The molecule has 26 heavy (non-hydrogen) atoms. The van der Waals surface area contributed by atoms with E-state index in [9.17, 15) is 9.59 Å². The summed E-state index contributed by atoms with van der Waals surface area (Å²) in [4.78, 5) is 25.0. The molecule has 7 nitrogen and oxygen atoms in total. The number of methoxy groups -OCH3 is 1. The summed E-state index contributed by atoms with van der Waals surface area (Å²) in [6.45, 7) is 3.20. The number of benzene rings is 1. The molecule has 1 unspecified atom stereocenters. The van der Waals surface area contributed by atoms with Crippen LogP contribution in [0.3, 0.4) is 0 Å². The third-order valence-electron chi connectivity index (χ3n) is 4.59. The Morgan fingerprint density at radius 2 is 2.23 bits per heavy atom. The molecule has 0 radical (unpaired) electrons. The van der Waals surface area contributed by atoms with E-state index < -0.39 is 0 Å². The van der Waals surface area contributed by atoms with Gasteiger partial charge in [0.15, 0.2) is 0 Å². The highest BCUT2D eigenvalue weighted by molar-refractivity contribution is 6.31. The highest BCUT2D eigenvalue weighted by Crippen LogP contribution is 2.23. The van der Waals surface area contributed by atoms with E-state index >= 15 is 0 Å². The zero-order valence-corrected chi connectivity index (χ0v) is 15.8. The zero-order chi connectivity index (χ0) is 18.7. The maximum absolute atomic E-state index is 12.6. The van der Waals surface area contributed by atoms with E-state index in [1.165, 1.54) is 11.8 Å². The van der Waals surface area contributed by atoms with E-state index in [4.69, 9.17) is 16.3 Å². The molecule has 1 aromatic heterocycles. The van der Waals surface area contributed by atoms with Crippen molar-refractivity contribution >= 4 is 17.5 Å². The Kier molecular flexibility index (Phi) is 5.66. The standard InChI is InChI=1S/C18H23ClN4O3/c1-3-9-23-18(25)22-10-8-13(5-7-16(22)21-23)20-17(24)14-11-12(19)4-6-15(14)26-2/h4,6,11,13H,3,5,7-10H2,1-2H3,(H,20,24). The van der Waals surface area contributed by atoms with Crippen LogP contribution in [0.25, 0.3) is 0 Å². The minimum atomic E-state index is -0.225. The number of rotatable bonds is 5. The van der Waals surface area contributed by atoms with E-state index in [0.717, 1.165) is 18.7 Å². The quantitative estimate of drug-likeness (QED) is 0.865. The molecule has 1 atom stereocenters. The van der Waals surface area contributed by atoms with E-state index in [1.807, 2.05) is 6.92 Å². The fraction of sp³-hybridized carbons (Fsp3) is 0.500. The van der Waals surface area contributed by atoms with Gasteiger partial charge in [0.05, 0.1) is 12.7 Å². The maximum atomic E-state index is 12.6. The Morgan fingerprint density at radius 1 is 1.42 bits per heavy atom. The van der Waals surface area contributed by atoms with Crippen LogP contribution < -0.4 is 15.7 Å². The number of nitrogens with zero attached hydrogens (tertiary/aromatic N) is 3. The van der Waals surface area contributed by atoms with Crippen LogP contribution >= 0.6 is 11.6 Å². The van der Waals surface area contributed by atoms with Crippen LogP contribution in [-0.4, -0.2) is 33.4 Å².